The first-order chi connectivity index (χ1) is 10.2. The van der Waals surface area contributed by atoms with Crippen molar-refractivity contribution in [3.05, 3.63) is 39.8 Å². The van der Waals surface area contributed by atoms with Crippen LogP contribution in [0.5, 0.6) is 11.5 Å². The molecule has 0 fully saturated rings. The molecule has 0 atom stereocenters. The number of thiazole rings is 1. The second-order valence-corrected chi connectivity index (χ2v) is 5.79. The van der Waals surface area contributed by atoms with Crippen LogP contribution >= 0.6 is 11.3 Å². The van der Waals surface area contributed by atoms with E-state index >= 15 is 0 Å². The van der Waals surface area contributed by atoms with Crippen molar-refractivity contribution in [2.45, 2.75) is 26.8 Å². The Hall–Kier alpha value is -1.59. The minimum atomic E-state index is 0.607. The Morgan fingerprint density at radius 3 is 2.57 bits per heavy atom. The highest BCUT2D eigenvalue weighted by Gasteiger charge is 2.08. The molecule has 1 heterocycles. The smallest absolute Gasteiger partial charge is 0.161 e. The Kier molecular flexibility index (Phi) is 6.02. The molecule has 0 spiro atoms. The van der Waals surface area contributed by atoms with E-state index in [0.29, 0.717) is 13.2 Å². The number of nitrogens with one attached hydrogen (secondary N) is 1. The van der Waals surface area contributed by atoms with Crippen LogP contribution in [0.2, 0.25) is 0 Å². The maximum Gasteiger partial charge on any atom is 0.161 e. The van der Waals surface area contributed by atoms with Crippen LogP contribution < -0.4 is 14.8 Å². The zero-order valence-corrected chi connectivity index (χ0v) is 13.6. The van der Waals surface area contributed by atoms with Crippen molar-refractivity contribution < 1.29 is 9.47 Å². The number of hydrogen-bond acceptors (Lipinski definition) is 5. The van der Waals surface area contributed by atoms with Crippen molar-refractivity contribution in [1.29, 1.82) is 0 Å². The molecule has 21 heavy (non-hydrogen) atoms. The number of aryl methyl sites for hydroxylation is 1. The van der Waals surface area contributed by atoms with Crippen molar-refractivity contribution >= 4 is 11.3 Å². The zero-order chi connectivity index (χ0) is 15.1. The first-order valence-electron chi connectivity index (χ1n) is 7.19. The van der Waals surface area contributed by atoms with Gasteiger partial charge in [0.25, 0.3) is 0 Å². The first kappa shape index (κ1) is 15.8. The Morgan fingerprint density at radius 1 is 1.19 bits per heavy atom. The summed E-state index contributed by atoms with van der Waals surface area (Å²) in [6, 6.07) is 7.77. The summed E-state index contributed by atoms with van der Waals surface area (Å²) in [6.07, 6.45) is 0.815. The molecule has 0 saturated carbocycles. The third-order valence-electron chi connectivity index (χ3n) is 3.00. The van der Waals surface area contributed by atoms with Gasteiger partial charge in [0.1, 0.15) is 0 Å². The van der Waals surface area contributed by atoms with Gasteiger partial charge in [-0.05, 0) is 33.0 Å². The maximum atomic E-state index is 5.83. The molecule has 0 unspecified atom stereocenters. The van der Waals surface area contributed by atoms with Gasteiger partial charge >= 0.3 is 0 Å². The summed E-state index contributed by atoms with van der Waals surface area (Å²) in [6.45, 7) is 6.14. The monoisotopic (exact) mass is 306 g/mol. The molecule has 0 aliphatic heterocycles. The molecule has 114 valence electrons. The molecule has 0 amide bonds. The third-order valence-corrected chi connectivity index (χ3v) is 4.21. The van der Waals surface area contributed by atoms with Crippen molar-refractivity contribution in [1.82, 2.24) is 10.3 Å². The van der Waals surface area contributed by atoms with Crippen LogP contribution in [-0.4, -0.2) is 25.2 Å². The second-order valence-electron chi connectivity index (χ2n) is 4.62. The highest BCUT2D eigenvalue weighted by Crippen LogP contribution is 2.26. The SMILES string of the molecule is CCOc1ccccc1OCCc1nc(C)c(CNC)s1. The van der Waals surface area contributed by atoms with Crippen molar-refractivity contribution in [3.63, 3.8) is 0 Å². The second kappa shape index (κ2) is 8.00. The van der Waals surface area contributed by atoms with Crippen LogP contribution in [0, 0.1) is 6.92 Å². The molecule has 2 aromatic rings. The van der Waals surface area contributed by atoms with E-state index in [1.165, 1.54) is 4.88 Å². The molecule has 0 saturated heterocycles. The van der Waals surface area contributed by atoms with Gasteiger partial charge in [-0.3, -0.25) is 0 Å². The van der Waals surface area contributed by atoms with E-state index in [0.717, 1.165) is 35.2 Å². The average molecular weight is 306 g/mol. The van der Waals surface area contributed by atoms with Gasteiger partial charge in [0.05, 0.1) is 23.9 Å². The highest BCUT2D eigenvalue weighted by atomic mass is 32.1. The Morgan fingerprint density at radius 2 is 1.90 bits per heavy atom. The van der Waals surface area contributed by atoms with E-state index in [-0.39, 0.29) is 0 Å². The summed E-state index contributed by atoms with van der Waals surface area (Å²) in [5.74, 6) is 1.59. The predicted octanol–water partition coefficient (Wildman–Crippen LogP) is 3.19. The van der Waals surface area contributed by atoms with Crippen molar-refractivity contribution in [3.8, 4) is 11.5 Å². The molecule has 0 bridgehead atoms. The minimum Gasteiger partial charge on any atom is -0.490 e. The lowest BCUT2D eigenvalue weighted by Crippen LogP contribution is -2.04. The van der Waals surface area contributed by atoms with E-state index in [1.807, 2.05) is 38.2 Å². The molecule has 0 radical (unpaired) electrons. The van der Waals surface area contributed by atoms with E-state index in [1.54, 1.807) is 11.3 Å². The van der Waals surface area contributed by atoms with Gasteiger partial charge in [0.15, 0.2) is 11.5 Å². The van der Waals surface area contributed by atoms with Gasteiger partial charge in [0, 0.05) is 17.8 Å². The summed E-state index contributed by atoms with van der Waals surface area (Å²) < 4.78 is 11.4. The zero-order valence-electron chi connectivity index (χ0n) is 12.8. The Balaban J connectivity index is 1.91. The fourth-order valence-corrected chi connectivity index (χ4v) is 3.07. The summed E-state index contributed by atoms with van der Waals surface area (Å²) in [5, 5.41) is 4.28. The number of benzene rings is 1. The van der Waals surface area contributed by atoms with Gasteiger partial charge in [-0.15, -0.1) is 11.3 Å². The fourth-order valence-electron chi connectivity index (χ4n) is 2.01. The molecule has 4 nitrogen and oxygen atoms in total. The Bertz CT molecular complexity index is 569. The van der Waals surface area contributed by atoms with Gasteiger partial charge < -0.3 is 14.8 Å². The molecule has 1 aromatic heterocycles. The van der Waals surface area contributed by atoms with Crippen molar-refractivity contribution in [2.24, 2.45) is 0 Å². The molecule has 0 aliphatic rings. The lowest BCUT2D eigenvalue weighted by Gasteiger charge is -2.10. The minimum absolute atomic E-state index is 0.607. The third kappa shape index (κ3) is 4.44. The average Bonchev–Trinajstić information content (AvgIpc) is 2.82. The first-order valence-corrected chi connectivity index (χ1v) is 8.00. The molecule has 5 heteroatoms. The van der Waals surface area contributed by atoms with Gasteiger partial charge in [-0.1, -0.05) is 12.1 Å². The highest BCUT2D eigenvalue weighted by molar-refractivity contribution is 7.11. The van der Waals surface area contributed by atoms with E-state index in [2.05, 4.69) is 17.2 Å². The van der Waals surface area contributed by atoms with Gasteiger partial charge in [-0.25, -0.2) is 4.98 Å². The quantitative estimate of drug-likeness (QED) is 0.813. The standard InChI is InChI=1S/C16H22N2O2S/c1-4-19-13-7-5-6-8-14(13)20-10-9-16-18-12(2)15(21-16)11-17-3/h5-8,17H,4,9-11H2,1-3H3. The fraction of sp³-hybridized carbons (Fsp3) is 0.438. The van der Waals surface area contributed by atoms with Crippen LogP contribution in [0.3, 0.4) is 0 Å². The van der Waals surface area contributed by atoms with E-state index in [9.17, 15) is 0 Å². The summed E-state index contributed by atoms with van der Waals surface area (Å²) in [7, 11) is 1.95. The number of ether oxygens (including phenoxy) is 2. The van der Waals surface area contributed by atoms with Crippen LogP contribution in [-0.2, 0) is 13.0 Å². The number of aromatic nitrogens is 1. The molecular formula is C16H22N2O2S. The van der Waals surface area contributed by atoms with E-state index < -0.39 is 0 Å². The predicted molar refractivity (Wildman–Crippen MR) is 86.4 cm³/mol. The molecule has 1 N–H and O–H groups in total. The largest absolute Gasteiger partial charge is 0.490 e. The van der Waals surface area contributed by atoms with Crippen LogP contribution in [0.25, 0.3) is 0 Å². The van der Waals surface area contributed by atoms with Crippen LogP contribution in [0.1, 0.15) is 22.5 Å². The maximum absolute atomic E-state index is 5.83. The molecule has 0 aliphatic carbocycles. The lowest BCUT2D eigenvalue weighted by atomic mass is 10.3. The van der Waals surface area contributed by atoms with Crippen LogP contribution in [0.4, 0.5) is 0 Å². The number of rotatable bonds is 8. The molecular weight excluding hydrogens is 284 g/mol. The topological polar surface area (TPSA) is 43.4 Å². The van der Waals surface area contributed by atoms with Gasteiger partial charge in [-0.2, -0.15) is 0 Å². The number of para-hydroxylation sites is 2. The number of nitrogens with zero attached hydrogens (tertiary/aromatic N) is 1. The van der Waals surface area contributed by atoms with Crippen molar-refractivity contribution in [2.75, 3.05) is 20.3 Å². The lowest BCUT2D eigenvalue weighted by molar-refractivity contribution is 0.279. The summed E-state index contributed by atoms with van der Waals surface area (Å²) in [5.41, 5.74) is 1.11. The normalized spacial score (nSPS) is 10.6. The number of hydrogen-bond donors (Lipinski definition) is 1. The van der Waals surface area contributed by atoms with Gasteiger partial charge in [0.2, 0.25) is 0 Å². The molecule has 1 aromatic carbocycles. The molecule has 2 rings (SSSR count). The summed E-state index contributed by atoms with van der Waals surface area (Å²) >= 11 is 1.75. The van der Waals surface area contributed by atoms with E-state index in [4.69, 9.17) is 9.47 Å². The van der Waals surface area contributed by atoms with Crippen LogP contribution in [0.15, 0.2) is 24.3 Å². The summed E-state index contributed by atoms with van der Waals surface area (Å²) in [4.78, 5) is 5.88. The Labute approximate surface area is 130 Å².